The summed E-state index contributed by atoms with van der Waals surface area (Å²) >= 11 is 0. The van der Waals surface area contributed by atoms with Gasteiger partial charge in [-0.05, 0) is 44.2 Å². The first-order chi connectivity index (χ1) is 12.3. The molecule has 0 saturated carbocycles. The van der Waals surface area contributed by atoms with Crippen molar-refractivity contribution in [2.75, 3.05) is 37.6 Å². The zero-order chi connectivity index (χ0) is 17.1. The Morgan fingerprint density at radius 3 is 2.36 bits per heavy atom. The van der Waals surface area contributed by atoms with Gasteiger partial charge in [-0.2, -0.15) is 0 Å². The molecule has 1 fully saturated rings. The summed E-state index contributed by atoms with van der Waals surface area (Å²) in [5, 5.41) is 0. The van der Waals surface area contributed by atoms with Crippen LogP contribution in [0.3, 0.4) is 0 Å². The van der Waals surface area contributed by atoms with Crippen LogP contribution in [0.4, 0.5) is 5.69 Å². The van der Waals surface area contributed by atoms with Gasteiger partial charge in [0.25, 0.3) is 0 Å². The molecule has 130 valence electrons. The summed E-state index contributed by atoms with van der Waals surface area (Å²) in [7, 11) is 0. The van der Waals surface area contributed by atoms with Crippen molar-refractivity contribution in [3.8, 4) is 0 Å². The molecular weight excluding hydrogens is 308 g/mol. The quantitative estimate of drug-likeness (QED) is 0.713. The van der Waals surface area contributed by atoms with E-state index in [1.54, 1.807) is 0 Å². The van der Waals surface area contributed by atoms with Gasteiger partial charge in [0.15, 0.2) is 0 Å². The Bertz CT molecular complexity index is 816. The molecule has 0 N–H and O–H groups in total. The number of imidazole rings is 1. The van der Waals surface area contributed by atoms with Crippen LogP contribution in [0, 0.1) is 6.92 Å². The van der Waals surface area contributed by atoms with Gasteiger partial charge in [-0.25, -0.2) is 4.98 Å². The predicted octanol–water partition coefficient (Wildman–Crippen LogP) is 3.56. The van der Waals surface area contributed by atoms with E-state index < -0.39 is 0 Å². The number of aromatic nitrogens is 2. The van der Waals surface area contributed by atoms with E-state index in [1.165, 1.54) is 17.6 Å². The first-order valence-electron chi connectivity index (χ1n) is 9.25. The molecule has 0 bridgehead atoms. The summed E-state index contributed by atoms with van der Waals surface area (Å²) in [4.78, 5) is 9.75. The van der Waals surface area contributed by atoms with Gasteiger partial charge in [0, 0.05) is 38.4 Å². The van der Waals surface area contributed by atoms with Crippen LogP contribution >= 0.6 is 0 Å². The molecule has 1 aliphatic rings. The van der Waals surface area contributed by atoms with Gasteiger partial charge in [-0.1, -0.05) is 30.3 Å². The van der Waals surface area contributed by atoms with Crippen LogP contribution in [0.2, 0.25) is 0 Å². The third-order valence-corrected chi connectivity index (χ3v) is 5.20. The molecule has 0 radical (unpaired) electrons. The van der Waals surface area contributed by atoms with Crippen molar-refractivity contribution < 1.29 is 0 Å². The Morgan fingerprint density at radius 1 is 0.840 bits per heavy atom. The second-order valence-corrected chi connectivity index (χ2v) is 6.82. The van der Waals surface area contributed by atoms with E-state index in [-0.39, 0.29) is 0 Å². The molecule has 3 aromatic rings. The number of benzene rings is 2. The van der Waals surface area contributed by atoms with E-state index in [2.05, 4.69) is 80.9 Å². The highest BCUT2D eigenvalue weighted by atomic mass is 15.3. The number of fused-ring (bicyclic) bond motifs is 1. The molecule has 1 aliphatic heterocycles. The van der Waals surface area contributed by atoms with Crippen LogP contribution in [0.15, 0.2) is 54.6 Å². The molecule has 25 heavy (non-hydrogen) atoms. The van der Waals surface area contributed by atoms with Crippen LogP contribution in [0.5, 0.6) is 0 Å². The van der Waals surface area contributed by atoms with Crippen molar-refractivity contribution in [1.29, 1.82) is 0 Å². The Labute approximate surface area is 149 Å². The lowest BCUT2D eigenvalue weighted by Crippen LogP contribution is -2.46. The van der Waals surface area contributed by atoms with E-state index in [0.717, 1.165) is 50.6 Å². The maximum atomic E-state index is 4.66. The van der Waals surface area contributed by atoms with Gasteiger partial charge in [0.05, 0.1) is 11.0 Å². The Kier molecular flexibility index (Phi) is 4.70. The largest absolute Gasteiger partial charge is 0.369 e. The van der Waals surface area contributed by atoms with Gasteiger partial charge in [-0.3, -0.25) is 4.90 Å². The van der Waals surface area contributed by atoms with Gasteiger partial charge in [-0.15, -0.1) is 0 Å². The molecule has 4 heteroatoms. The first-order valence-corrected chi connectivity index (χ1v) is 9.25. The average molecular weight is 334 g/mol. The molecule has 0 amide bonds. The maximum absolute atomic E-state index is 4.66. The van der Waals surface area contributed by atoms with E-state index in [9.17, 15) is 0 Å². The minimum absolute atomic E-state index is 1.05. The van der Waals surface area contributed by atoms with Crippen LogP contribution in [-0.4, -0.2) is 47.2 Å². The minimum atomic E-state index is 1.05. The number of anilines is 1. The third kappa shape index (κ3) is 3.54. The fourth-order valence-electron chi connectivity index (χ4n) is 3.80. The van der Waals surface area contributed by atoms with Crippen LogP contribution < -0.4 is 4.90 Å². The Balaban J connectivity index is 1.29. The first kappa shape index (κ1) is 16.2. The number of nitrogens with zero attached hydrogens (tertiary/aromatic N) is 4. The van der Waals surface area contributed by atoms with Crippen molar-refractivity contribution in [2.24, 2.45) is 0 Å². The van der Waals surface area contributed by atoms with E-state index in [4.69, 9.17) is 0 Å². The van der Waals surface area contributed by atoms with Gasteiger partial charge >= 0.3 is 0 Å². The average Bonchev–Trinajstić information content (AvgIpc) is 2.99. The number of hydrogen-bond acceptors (Lipinski definition) is 3. The fourth-order valence-corrected chi connectivity index (χ4v) is 3.80. The standard InChI is InChI=1S/C21H26N4/c1-18-22-20-10-5-6-11-21(20)25(18)13-7-12-23-14-16-24(17-15-23)19-8-3-2-4-9-19/h2-6,8-11H,7,12-17H2,1H3. The van der Waals surface area contributed by atoms with Crippen LogP contribution in [-0.2, 0) is 6.54 Å². The highest BCUT2D eigenvalue weighted by Crippen LogP contribution is 2.17. The molecule has 2 heterocycles. The molecule has 2 aromatic carbocycles. The van der Waals surface area contributed by atoms with Gasteiger partial charge in [0.1, 0.15) is 5.82 Å². The van der Waals surface area contributed by atoms with E-state index in [0.29, 0.717) is 0 Å². The lowest BCUT2D eigenvalue weighted by Gasteiger charge is -2.36. The normalized spacial score (nSPS) is 15.8. The molecule has 0 spiro atoms. The SMILES string of the molecule is Cc1nc2ccccc2n1CCCN1CCN(c2ccccc2)CC1. The topological polar surface area (TPSA) is 24.3 Å². The monoisotopic (exact) mass is 334 g/mol. The highest BCUT2D eigenvalue weighted by molar-refractivity contribution is 5.75. The molecule has 1 aromatic heterocycles. The van der Waals surface area contributed by atoms with E-state index in [1.807, 2.05) is 0 Å². The lowest BCUT2D eigenvalue weighted by atomic mass is 10.2. The summed E-state index contributed by atoms with van der Waals surface area (Å²) < 4.78 is 2.36. The Hall–Kier alpha value is -2.33. The molecule has 4 nitrogen and oxygen atoms in total. The summed E-state index contributed by atoms with van der Waals surface area (Å²) in [6, 6.07) is 19.2. The minimum Gasteiger partial charge on any atom is -0.369 e. The van der Waals surface area contributed by atoms with Crippen molar-refractivity contribution >= 4 is 16.7 Å². The second-order valence-electron chi connectivity index (χ2n) is 6.82. The Morgan fingerprint density at radius 2 is 1.56 bits per heavy atom. The maximum Gasteiger partial charge on any atom is 0.106 e. The van der Waals surface area contributed by atoms with Gasteiger partial charge < -0.3 is 9.47 Å². The van der Waals surface area contributed by atoms with Crippen molar-refractivity contribution in [3.63, 3.8) is 0 Å². The lowest BCUT2D eigenvalue weighted by molar-refractivity contribution is 0.250. The summed E-state index contributed by atoms with van der Waals surface area (Å²) in [5.74, 6) is 1.12. The predicted molar refractivity (Wildman–Crippen MR) is 104 cm³/mol. The molecule has 4 rings (SSSR count). The summed E-state index contributed by atoms with van der Waals surface area (Å²) in [6.45, 7) is 8.86. The van der Waals surface area contributed by atoms with Crippen molar-refractivity contribution in [3.05, 3.63) is 60.4 Å². The number of hydrogen-bond donors (Lipinski definition) is 0. The zero-order valence-corrected chi connectivity index (χ0v) is 14.9. The summed E-state index contributed by atoms with van der Waals surface area (Å²) in [5.41, 5.74) is 3.72. The number of rotatable bonds is 5. The fraction of sp³-hybridized carbons (Fsp3) is 0.381. The summed E-state index contributed by atoms with van der Waals surface area (Å²) in [6.07, 6.45) is 1.17. The molecular formula is C21H26N4. The molecule has 0 aliphatic carbocycles. The number of para-hydroxylation sites is 3. The molecule has 1 saturated heterocycles. The van der Waals surface area contributed by atoms with Crippen molar-refractivity contribution in [1.82, 2.24) is 14.5 Å². The zero-order valence-electron chi connectivity index (χ0n) is 14.9. The smallest absolute Gasteiger partial charge is 0.106 e. The highest BCUT2D eigenvalue weighted by Gasteiger charge is 2.16. The van der Waals surface area contributed by atoms with Crippen molar-refractivity contribution in [2.45, 2.75) is 19.9 Å². The van der Waals surface area contributed by atoms with E-state index >= 15 is 0 Å². The number of aryl methyl sites for hydroxylation is 2. The van der Waals surface area contributed by atoms with Crippen LogP contribution in [0.1, 0.15) is 12.2 Å². The second kappa shape index (κ2) is 7.28. The van der Waals surface area contributed by atoms with Gasteiger partial charge in [0.2, 0.25) is 0 Å². The molecule has 0 atom stereocenters. The molecule has 0 unspecified atom stereocenters. The third-order valence-electron chi connectivity index (χ3n) is 5.20. The number of piperazine rings is 1. The van der Waals surface area contributed by atoms with Crippen LogP contribution in [0.25, 0.3) is 11.0 Å².